The van der Waals surface area contributed by atoms with Crippen molar-refractivity contribution < 1.29 is 14.8 Å². The van der Waals surface area contributed by atoms with Crippen molar-refractivity contribution in [2.24, 2.45) is 0 Å². The van der Waals surface area contributed by atoms with Crippen LogP contribution in [0, 0.1) is 10.1 Å². The molecular weight excluding hydrogens is 394 g/mol. The van der Waals surface area contributed by atoms with Crippen LogP contribution >= 0.6 is 11.6 Å². The molecule has 29 heavy (non-hydrogen) atoms. The molecule has 0 unspecified atom stereocenters. The van der Waals surface area contributed by atoms with Crippen LogP contribution in [0.3, 0.4) is 0 Å². The van der Waals surface area contributed by atoms with Gasteiger partial charge in [-0.2, -0.15) is 0 Å². The number of nitrogens with two attached hydrogens (primary N) is 1. The number of non-ortho nitro benzene ring substituents is 1. The molecule has 0 saturated carbocycles. The van der Waals surface area contributed by atoms with Gasteiger partial charge >= 0.3 is 5.97 Å². The van der Waals surface area contributed by atoms with E-state index >= 15 is 0 Å². The van der Waals surface area contributed by atoms with E-state index in [1.807, 2.05) is 24.3 Å². The lowest BCUT2D eigenvalue weighted by Crippen LogP contribution is -2.03. The van der Waals surface area contributed by atoms with Crippen LogP contribution < -0.4 is 5.73 Å². The van der Waals surface area contributed by atoms with Crippen molar-refractivity contribution in [3.63, 3.8) is 0 Å². The van der Waals surface area contributed by atoms with Crippen LogP contribution in [0.4, 0.5) is 11.4 Å². The number of hydrogen-bond donors (Lipinski definition) is 2. The van der Waals surface area contributed by atoms with Crippen LogP contribution in [0.2, 0.25) is 5.02 Å². The average Bonchev–Trinajstić information content (AvgIpc) is 2.69. The predicted octanol–water partition coefficient (Wildman–Crippen LogP) is 5.28. The first-order valence-corrected chi connectivity index (χ1v) is 9.51. The van der Waals surface area contributed by atoms with E-state index in [9.17, 15) is 14.9 Å². The van der Waals surface area contributed by atoms with Crippen molar-refractivity contribution in [1.29, 1.82) is 0 Å². The van der Waals surface area contributed by atoms with Gasteiger partial charge in [0.15, 0.2) is 0 Å². The molecular formula is C21H22ClN3O4. The Hall–Kier alpha value is -3.19. The summed E-state index contributed by atoms with van der Waals surface area (Å²) in [7, 11) is 0. The minimum absolute atomic E-state index is 0.0156. The number of nitrogens with zero attached hydrogens (tertiary/aromatic N) is 2. The van der Waals surface area contributed by atoms with Crippen LogP contribution in [0.25, 0.3) is 10.9 Å². The predicted molar refractivity (Wildman–Crippen MR) is 115 cm³/mol. The summed E-state index contributed by atoms with van der Waals surface area (Å²) < 4.78 is 0. The van der Waals surface area contributed by atoms with E-state index in [-0.39, 0.29) is 16.3 Å². The number of carboxylic acids is 1. The molecule has 1 aromatic heterocycles. The molecule has 0 amide bonds. The zero-order valence-corrected chi connectivity index (χ0v) is 16.9. The molecule has 1 heterocycles. The average molecular weight is 416 g/mol. The Balaban J connectivity index is 0.000000212. The van der Waals surface area contributed by atoms with Crippen molar-refractivity contribution >= 4 is 39.8 Å². The van der Waals surface area contributed by atoms with Gasteiger partial charge in [-0.25, -0.2) is 4.79 Å². The van der Waals surface area contributed by atoms with E-state index in [4.69, 9.17) is 27.4 Å². The Morgan fingerprint density at radius 3 is 2.52 bits per heavy atom. The first-order chi connectivity index (χ1) is 13.8. The third kappa shape index (κ3) is 5.20. The van der Waals surface area contributed by atoms with Gasteiger partial charge in [0.1, 0.15) is 0 Å². The molecule has 0 spiro atoms. The van der Waals surface area contributed by atoms with Crippen LogP contribution in [-0.4, -0.2) is 21.0 Å². The molecule has 0 atom stereocenters. The number of nitro benzene ring substituents is 1. The number of halogens is 1. The van der Waals surface area contributed by atoms with Crippen molar-refractivity contribution in [2.75, 3.05) is 5.73 Å². The van der Waals surface area contributed by atoms with Crippen LogP contribution in [-0.2, 0) is 12.8 Å². The highest BCUT2D eigenvalue weighted by molar-refractivity contribution is 6.33. The minimum Gasteiger partial charge on any atom is -0.478 e. The maximum Gasteiger partial charge on any atom is 0.337 e. The van der Waals surface area contributed by atoms with E-state index in [1.165, 1.54) is 17.3 Å². The number of benzene rings is 2. The maximum absolute atomic E-state index is 10.5. The van der Waals surface area contributed by atoms with Crippen LogP contribution in [0.5, 0.6) is 0 Å². The normalized spacial score (nSPS) is 10.3. The highest BCUT2D eigenvalue weighted by Gasteiger charge is 2.14. The van der Waals surface area contributed by atoms with Crippen molar-refractivity contribution in [3.05, 3.63) is 74.4 Å². The smallest absolute Gasteiger partial charge is 0.337 e. The van der Waals surface area contributed by atoms with E-state index < -0.39 is 10.9 Å². The van der Waals surface area contributed by atoms with Crippen molar-refractivity contribution in [3.8, 4) is 0 Å². The number of para-hydroxylation sites is 1. The SMILES string of the molecule is CCCc1nc2ccccc2c(N)c1CC.O=C(O)c1cc([N+](=O)[O-])ccc1Cl. The van der Waals surface area contributed by atoms with Crippen LogP contribution in [0.1, 0.15) is 41.9 Å². The first kappa shape index (κ1) is 22.1. The molecule has 3 aromatic rings. The summed E-state index contributed by atoms with van der Waals surface area (Å²) in [6, 6.07) is 11.4. The number of nitrogen functional groups attached to an aromatic ring is 1. The molecule has 0 radical (unpaired) electrons. The summed E-state index contributed by atoms with van der Waals surface area (Å²) in [5.41, 5.74) is 9.98. The quantitative estimate of drug-likeness (QED) is 0.432. The molecule has 0 saturated heterocycles. The second kappa shape index (κ2) is 9.84. The fourth-order valence-electron chi connectivity index (χ4n) is 2.96. The van der Waals surface area contributed by atoms with E-state index in [2.05, 4.69) is 13.8 Å². The summed E-state index contributed by atoms with van der Waals surface area (Å²) >= 11 is 5.49. The Labute approximate surface area is 173 Å². The van der Waals surface area contributed by atoms with Gasteiger partial charge in [-0.15, -0.1) is 0 Å². The van der Waals surface area contributed by atoms with Crippen molar-refractivity contribution in [2.45, 2.75) is 33.1 Å². The number of aromatic nitrogens is 1. The summed E-state index contributed by atoms with van der Waals surface area (Å²) in [5, 5.41) is 19.9. The number of anilines is 1. The van der Waals surface area contributed by atoms with Gasteiger partial charge in [-0.1, -0.05) is 50.1 Å². The molecule has 3 N–H and O–H groups in total. The number of carbonyl (C=O) groups is 1. The number of aryl methyl sites for hydroxylation is 1. The molecule has 0 aliphatic carbocycles. The number of hydrogen-bond acceptors (Lipinski definition) is 5. The van der Waals surface area contributed by atoms with Crippen molar-refractivity contribution in [1.82, 2.24) is 4.98 Å². The highest BCUT2D eigenvalue weighted by Crippen LogP contribution is 2.27. The number of fused-ring (bicyclic) bond motifs is 1. The molecule has 0 aliphatic heterocycles. The van der Waals surface area contributed by atoms with Gasteiger partial charge in [0, 0.05) is 28.9 Å². The Bertz CT molecular complexity index is 1050. The molecule has 2 aromatic carbocycles. The lowest BCUT2D eigenvalue weighted by Gasteiger charge is -2.12. The van der Waals surface area contributed by atoms with Crippen LogP contribution in [0.15, 0.2) is 42.5 Å². The molecule has 0 aliphatic rings. The fourth-order valence-corrected chi connectivity index (χ4v) is 3.16. The number of nitro groups is 1. The van der Waals surface area contributed by atoms with Gasteiger partial charge < -0.3 is 10.8 Å². The van der Waals surface area contributed by atoms with Gasteiger partial charge in [0.2, 0.25) is 0 Å². The highest BCUT2D eigenvalue weighted by atomic mass is 35.5. The van der Waals surface area contributed by atoms with E-state index in [0.717, 1.165) is 48.0 Å². The number of carboxylic acid groups (broad SMARTS) is 1. The summed E-state index contributed by atoms with van der Waals surface area (Å²) in [6.45, 7) is 4.31. The minimum atomic E-state index is -1.28. The molecule has 7 nitrogen and oxygen atoms in total. The Morgan fingerprint density at radius 1 is 1.24 bits per heavy atom. The summed E-state index contributed by atoms with van der Waals surface area (Å²) in [6.07, 6.45) is 3.08. The van der Waals surface area contributed by atoms with Gasteiger partial charge in [-0.05, 0) is 30.5 Å². The molecule has 152 valence electrons. The topological polar surface area (TPSA) is 119 Å². The monoisotopic (exact) mass is 415 g/mol. The number of rotatable bonds is 5. The lowest BCUT2D eigenvalue weighted by atomic mass is 10.0. The second-order valence-electron chi connectivity index (χ2n) is 6.30. The zero-order valence-electron chi connectivity index (χ0n) is 16.2. The summed E-state index contributed by atoms with van der Waals surface area (Å²) in [4.78, 5) is 24.8. The Kier molecular flexibility index (Phi) is 7.50. The largest absolute Gasteiger partial charge is 0.478 e. The number of pyridine rings is 1. The third-order valence-corrected chi connectivity index (χ3v) is 4.68. The Morgan fingerprint density at radius 2 is 1.93 bits per heavy atom. The summed E-state index contributed by atoms with van der Waals surface area (Å²) in [5.74, 6) is -1.28. The molecule has 0 bridgehead atoms. The second-order valence-corrected chi connectivity index (χ2v) is 6.71. The van der Waals surface area contributed by atoms with E-state index in [1.54, 1.807) is 0 Å². The molecule has 0 fully saturated rings. The van der Waals surface area contributed by atoms with E-state index in [0.29, 0.717) is 0 Å². The lowest BCUT2D eigenvalue weighted by molar-refractivity contribution is -0.384. The van der Waals surface area contributed by atoms with Gasteiger partial charge in [-0.3, -0.25) is 15.1 Å². The number of aromatic carboxylic acids is 1. The van der Waals surface area contributed by atoms with Gasteiger partial charge in [0.05, 0.1) is 21.0 Å². The standard InChI is InChI=1S/C14H18N2.C7H4ClNO4/c1-3-7-12-10(4-2)14(15)11-8-5-6-9-13(11)16-12;8-6-2-1-4(9(12)13)3-5(6)7(10)11/h5-6,8-9H,3-4,7H2,1-2H3,(H2,15,16);1-3H,(H,10,11). The zero-order chi connectivity index (χ0) is 21.6. The third-order valence-electron chi connectivity index (χ3n) is 4.35. The van der Waals surface area contributed by atoms with Gasteiger partial charge in [0.25, 0.3) is 5.69 Å². The molecule has 8 heteroatoms. The molecule has 3 rings (SSSR count). The fraction of sp³-hybridized carbons (Fsp3) is 0.238. The first-order valence-electron chi connectivity index (χ1n) is 9.13. The maximum atomic E-state index is 10.5.